The van der Waals surface area contributed by atoms with Gasteiger partial charge in [-0.2, -0.15) is 11.8 Å². The second-order valence-electron chi connectivity index (χ2n) is 7.61. The Morgan fingerprint density at radius 3 is 2.44 bits per heavy atom. The Morgan fingerprint density at radius 1 is 1.12 bits per heavy atom. The lowest BCUT2D eigenvalue weighted by Crippen LogP contribution is -2.51. The van der Waals surface area contributed by atoms with Crippen LogP contribution >= 0.6 is 11.8 Å². The molecule has 0 aromatic heterocycles. The number of nitrogens with one attached hydrogen (secondary N) is 1. The summed E-state index contributed by atoms with van der Waals surface area (Å²) in [5.41, 5.74) is 0. The van der Waals surface area contributed by atoms with Gasteiger partial charge in [-0.15, -0.1) is 0 Å². The Labute approximate surface area is 159 Å². The molecule has 0 saturated carbocycles. The number of nitrogens with zero attached hydrogens (tertiary/aromatic N) is 4. The summed E-state index contributed by atoms with van der Waals surface area (Å²) in [5, 5.41) is 4.25. The van der Waals surface area contributed by atoms with Crippen LogP contribution in [0.1, 0.15) is 34.6 Å². The van der Waals surface area contributed by atoms with Crippen molar-refractivity contribution in [2.24, 2.45) is 10.9 Å². The van der Waals surface area contributed by atoms with Crippen molar-refractivity contribution in [3.8, 4) is 0 Å². The number of thioether (sulfide) groups is 1. The second-order valence-corrected chi connectivity index (χ2v) is 8.96. The molecule has 2 aliphatic heterocycles. The molecular weight excluding hydrogens is 330 g/mol. The fourth-order valence-electron chi connectivity index (χ4n) is 3.55. The standard InChI is InChI=1S/C19H39N5S/c1-6-20-19(24-12-13-25-18(15-24)16(3)4)21-14-17(5)23-10-8-22(7-2)9-11-23/h16-18H,6-15H2,1-5H3,(H,20,21). The molecule has 6 heteroatoms. The number of hydrogen-bond acceptors (Lipinski definition) is 4. The lowest BCUT2D eigenvalue weighted by Gasteiger charge is -2.38. The molecule has 2 fully saturated rings. The first-order chi connectivity index (χ1) is 12.0. The number of piperazine rings is 1. The van der Waals surface area contributed by atoms with E-state index in [1.54, 1.807) is 0 Å². The van der Waals surface area contributed by atoms with Gasteiger partial charge in [0.2, 0.25) is 0 Å². The largest absolute Gasteiger partial charge is 0.357 e. The molecule has 146 valence electrons. The third kappa shape index (κ3) is 6.33. The van der Waals surface area contributed by atoms with Gasteiger partial charge in [0, 0.05) is 62.9 Å². The minimum absolute atomic E-state index is 0.521. The number of hydrogen-bond donors (Lipinski definition) is 1. The summed E-state index contributed by atoms with van der Waals surface area (Å²) in [6.45, 7) is 21.4. The third-order valence-corrected chi connectivity index (χ3v) is 6.99. The van der Waals surface area contributed by atoms with E-state index in [0.717, 1.165) is 43.3 Å². The molecule has 0 spiro atoms. The molecule has 25 heavy (non-hydrogen) atoms. The van der Waals surface area contributed by atoms with E-state index >= 15 is 0 Å². The molecule has 2 aliphatic rings. The molecule has 0 amide bonds. The van der Waals surface area contributed by atoms with Gasteiger partial charge in [0.15, 0.2) is 5.96 Å². The highest BCUT2D eigenvalue weighted by Crippen LogP contribution is 2.24. The van der Waals surface area contributed by atoms with Gasteiger partial charge < -0.3 is 15.1 Å². The van der Waals surface area contributed by atoms with Crippen molar-refractivity contribution in [2.75, 3.05) is 64.7 Å². The Morgan fingerprint density at radius 2 is 1.84 bits per heavy atom. The van der Waals surface area contributed by atoms with Crippen LogP contribution in [-0.2, 0) is 0 Å². The average Bonchev–Trinajstić information content (AvgIpc) is 2.65. The van der Waals surface area contributed by atoms with Gasteiger partial charge in [0.1, 0.15) is 0 Å². The van der Waals surface area contributed by atoms with E-state index < -0.39 is 0 Å². The van der Waals surface area contributed by atoms with Crippen molar-refractivity contribution in [2.45, 2.75) is 45.9 Å². The topological polar surface area (TPSA) is 34.1 Å². The summed E-state index contributed by atoms with van der Waals surface area (Å²) < 4.78 is 0. The highest BCUT2D eigenvalue weighted by atomic mass is 32.2. The molecule has 5 nitrogen and oxygen atoms in total. The van der Waals surface area contributed by atoms with Crippen molar-refractivity contribution in [3.63, 3.8) is 0 Å². The second kappa shape index (κ2) is 10.6. The fourth-order valence-corrected chi connectivity index (χ4v) is 4.85. The van der Waals surface area contributed by atoms with E-state index in [2.05, 4.69) is 66.4 Å². The van der Waals surface area contributed by atoms with Crippen LogP contribution in [0.15, 0.2) is 4.99 Å². The molecule has 0 bridgehead atoms. The van der Waals surface area contributed by atoms with E-state index in [-0.39, 0.29) is 0 Å². The monoisotopic (exact) mass is 369 g/mol. The lowest BCUT2D eigenvalue weighted by molar-refractivity contribution is 0.109. The number of guanidine groups is 1. The number of likely N-dealkylation sites (N-methyl/N-ethyl adjacent to an activating group) is 1. The summed E-state index contributed by atoms with van der Waals surface area (Å²) in [7, 11) is 0. The molecule has 0 aromatic carbocycles. The van der Waals surface area contributed by atoms with Crippen molar-refractivity contribution < 1.29 is 0 Å². The zero-order chi connectivity index (χ0) is 18.2. The van der Waals surface area contributed by atoms with Crippen LogP contribution in [0.2, 0.25) is 0 Å². The summed E-state index contributed by atoms with van der Waals surface area (Å²) in [6, 6.07) is 0.521. The van der Waals surface area contributed by atoms with E-state index in [4.69, 9.17) is 4.99 Å². The first-order valence-corrected chi connectivity index (χ1v) is 11.2. The highest BCUT2D eigenvalue weighted by molar-refractivity contribution is 8.00. The Bertz CT molecular complexity index is 407. The quantitative estimate of drug-likeness (QED) is 0.572. The first-order valence-electron chi connectivity index (χ1n) is 10.2. The van der Waals surface area contributed by atoms with Gasteiger partial charge >= 0.3 is 0 Å². The summed E-state index contributed by atoms with van der Waals surface area (Å²) in [6.07, 6.45) is 0. The molecule has 0 aromatic rings. The van der Waals surface area contributed by atoms with Crippen LogP contribution in [-0.4, -0.2) is 96.6 Å². The van der Waals surface area contributed by atoms with Crippen molar-refractivity contribution in [1.82, 2.24) is 20.0 Å². The van der Waals surface area contributed by atoms with Gasteiger partial charge in [0.25, 0.3) is 0 Å². The smallest absolute Gasteiger partial charge is 0.194 e. The molecule has 0 aliphatic carbocycles. The van der Waals surface area contributed by atoms with E-state index in [1.807, 2.05) is 0 Å². The third-order valence-electron chi connectivity index (χ3n) is 5.45. The SMILES string of the molecule is CCNC(=NCC(C)N1CCN(CC)CC1)N1CCSC(C(C)C)C1. The summed E-state index contributed by atoms with van der Waals surface area (Å²) >= 11 is 2.12. The summed E-state index contributed by atoms with van der Waals surface area (Å²) in [4.78, 5) is 12.6. The number of aliphatic imine (C=N–C) groups is 1. The van der Waals surface area contributed by atoms with Crippen LogP contribution in [0.4, 0.5) is 0 Å². The van der Waals surface area contributed by atoms with E-state index in [0.29, 0.717) is 6.04 Å². The van der Waals surface area contributed by atoms with Crippen LogP contribution in [0, 0.1) is 5.92 Å². The Kier molecular flexibility index (Phi) is 8.87. The molecule has 2 heterocycles. The van der Waals surface area contributed by atoms with Crippen molar-refractivity contribution in [1.29, 1.82) is 0 Å². The Balaban J connectivity index is 1.90. The van der Waals surface area contributed by atoms with Gasteiger partial charge in [-0.25, -0.2) is 0 Å². The minimum Gasteiger partial charge on any atom is -0.357 e. The van der Waals surface area contributed by atoms with Gasteiger partial charge in [-0.1, -0.05) is 20.8 Å². The van der Waals surface area contributed by atoms with Crippen LogP contribution in [0.25, 0.3) is 0 Å². The van der Waals surface area contributed by atoms with Gasteiger partial charge in [0.05, 0.1) is 6.54 Å². The molecule has 2 rings (SSSR count). The predicted octanol–water partition coefficient (Wildman–Crippen LogP) is 2.05. The fraction of sp³-hybridized carbons (Fsp3) is 0.947. The zero-order valence-electron chi connectivity index (χ0n) is 17.0. The number of rotatable bonds is 6. The van der Waals surface area contributed by atoms with Crippen molar-refractivity contribution >= 4 is 17.7 Å². The molecule has 2 atom stereocenters. The van der Waals surface area contributed by atoms with Crippen LogP contribution in [0.5, 0.6) is 0 Å². The molecule has 0 radical (unpaired) electrons. The molecular formula is C19H39N5S. The van der Waals surface area contributed by atoms with Gasteiger partial charge in [-0.3, -0.25) is 9.89 Å². The summed E-state index contributed by atoms with van der Waals surface area (Å²) in [5.74, 6) is 3.05. The maximum absolute atomic E-state index is 5.01. The maximum atomic E-state index is 5.01. The molecule has 2 saturated heterocycles. The van der Waals surface area contributed by atoms with Crippen molar-refractivity contribution in [3.05, 3.63) is 0 Å². The van der Waals surface area contributed by atoms with Gasteiger partial charge in [-0.05, 0) is 26.3 Å². The van der Waals surface area contributed by atoms with Crippen LogP contribution < -0.4 is 5.32 Å². The van der Waals surface area contributed by atoms with E-state index in [9.17, 15) is 0 Å². The Hall–Kier alpha value is -0.460. The average molecular weight is 370 g/mol. The van der Waals surface area contributed by atoms with Crippen LogP contribution in [0.3, 0.4) is 0 Å². The molecule has 1 N–H and O–H groups in total. The zero-order valence-corrected chi connectivity index (χ0v) is 17.8. The highest BCUT2D eigenvalue weighted by Gasteiger charge is 2.25. The normalized spacial score (nSPS) is 25.4. The predicted molar refractivity (Wildman–Crippen MR) is 112 cm³/mol. The maximum Gasteiger partial charge on any atom is 0.194 e. The van der Waals surface area contributed by atoms with E-state index in [1.165, 1.54) is 38.5 Å². The lowest BCUT2D eigenvalue weighted by atomic mass is 10.1. The molecule has 2 unspecified atom stereocenters. The minimum atomic E-state index is 0.521. The first kappa shape index (κ1) is 20.8.